The van der Waals surface area contributed by atoms with Crippen molar-refractivity contribution in [1.29, 1.82) is 0 Å². The second-order valence-corrected chi connectivity index (χ2v) is 4.19. The summed E-state index contributed by atoms with van der Waals surface area (Å²) in [5, 5.41) is 0. The number of rotatable bonds is 3. The van der Waals surface area contributed by atoms with E-state index >= 15 is 0 Å². The molecule has 72 valence electrons. The Balaban J connectivity index is 2.94. The molecule has 0 aliphatic carbocycles. The first-order valence-corrected chi connectivity index (χ1v) is 5.59. The zero-order valence-electron chi connectivity index (χ0n) is 7.74. The van der Waals surface area contributed by atoms with Crippen molar-refractivity contribution < 1.29 is 9.29 Å². The van der Waals surface area contributed by atoms with Crippen LogP contribution in [0.15, 0.2) is 18.2 Å². The fourth-order valence-corrected chi connectivity index (χ4v) is 1.80. The van der Waals surface area contributed by atoms with Crippen molar-refractivity contribution in [2.45, 2.75) is 5.75 Å². The van der Waals surface area contributed by atoms with E-state index in [0.717, 1.165) is 5.56 Å². The van der Waals surface area contributed by atoms with Crippen LogP contribution in [0.4, 0.5) is 5.69 Å². The predicted molar refractivity (Wildman–Crippen MR) is 55.2 cm³/mol. The van der Waals surface area contributed by atoms with Gasteiger partial charge in [-0.1, -0.05) is 23.3 Å². The van der Waals surface area contributed by atoms with Gasteiger partial charge in [-0.15, -0.1) is 0 Å². The van der Waals surface area contributed by atoms with E-state index < -0.39 is 11.2 Å². The lowest BCUT2D eigenvalue weighted by Crippen LogP contribution is -2.05. The zero-order chi connectivity index (χ0) is 9.84. The molecule has 0 saturated heterocycles. The first-order valence-electron chi connectivity index (χ1n) is 3.86. The van der Waals surface area contributed by atoms with Gasteiger partial charge >= 0.3 is 0 Å². The number of ether oxygens (including phenoxy) is 1. The standard InChI is InChI=1S/C9H13NO2S/c1-12-8-5-3-4-7(9(8)10)6-13(2)11/h3-5H,6,10H2,1-2H3. The van der Waals surface area contributed by atoms with Crippen LogP contribution < -0.4 is 10.5 Å². The zero-order valence-corrected chi connectivity index (χ0v) is 8.56. The highest BCUT2D eigenvalue weighted by molar-refractivity contribution is 7.89. The molecule has 0 heterocycles. The second kappa shape index (κ2) is 4.39. The highest BCUT2D eigenvalue weighted by atomic mass is 32.2. The maximum absolute atomic E-state index is 11.0. The lowest BCUT2D eigenvalue weighted by Gasteiger charge is -2.10. The maximum atomic E-state index is 11.0. The SMILES string of the molecule is COc1cccc(C[S+](C)[O-])c1N. The van der Waals surface area contributed by atoms with Crippen molar-refractivity contribution in [1.82, 2.24) is 0 Å². The number of nitrogens with two attached hydrogens (primary N) is 1. The molecule has 0 bridgehead atoms. The van der Waals surface area contributed by atoms with Crippen molar-refractivity contribution in [3.05, 3.63) is 23.8 Å². The van der Waals surface area contributed by atoms with Crippen LogP contribution in [-0.2, 0) is 16.9 Å². The molecular formula is C9H13NO2S. The maximum Gasteiger partial charge on any atom is 0.142 e. The molecule has 0 aliphatic rings. The van der Waals surface area contributed by atoms with E-state index in [1.54, 1.807) is 19.4 Å². The Morgan fingerprint density at radius 2 is 2.23 bits per heavy atom. The Kier molecular flexibility index (Phi) is 3.45. The molecule has 0 aromatic heterocycles. The van der Waals surface area contributed by atoms with Gasteiger partial charge in [-0.2, -0.15) is 0 Å². The number of benzene rings is 1. The molecule has 0 aliphatic heterocycles. The lowest BCUT2D eigenvalue weighted by atomic mass is 10.2. The molecule has 4 heteroatoms. The van der Waals surface area contributed by atoms with Gasteiger partial charge in [-0.05, 0) is 6.07 Å². The predicted octanol–water partition coefficient (Wildman–Crippen LogP) is 1.16. The summed E-state index contributed by atoms with van der Waals surface area (Å²) in [7, 11) is 1.57. The average molecular weight is 199 g/mol. The van der Waals surface area contributed by atoms with Gasteiger partial charge in [-0.3, -0.25) is 0 Å². The number of methoxy groups -OCH3 is 1. The first kappa shape index (κ1) is 10.2. The van der Waals surface area contributed by atoms with Gasteiger partial charge in [0.1, 0.15) is 11.5 Å². The Labute approximate surface area is 81.1 Å². The van der Waals surface area contributed by atoms with Gasteiger partial charge in [0.25, 0.3) is 0 Å². The molecule has 0 radical (unpaired) electrons. The minimum Gasteiger partial charge on any atom is -0.616 e. The van der Waals surface area contributed by atoms with Crippen LogP contribution in [0.25, 0.3) is 0 Å². The lowest BCUT2D eigenvalue weighted by molar-refractivity contribution is 0.416. The van der Waals surface area contributed by atoms with Crippen molar-refractivity contribution in [2.24, 2.45) is 0 Å². The van der Waals surface area contributed by atoms with Gasteiger partial charge in [0.2, 0.25) is 0 Å². The third kappa shape index (κ3) is 2.54. The summed E-state index contributed by atoms with van der Waals surface area (Å²) in [6.45, 7) is 0. The second-order valence-electron chi connectivity index (χ2n) is 2.75. The van der Waals surface area contributed by atoms with E-state index in [9.17, 15) is 4.55 Å². The van der Waals surface area contributed by atoms with E-state index in [4.69, 9.17) is 10.5 Å². The Morgan fingerprint density at radius 1 is 1.54 bits per heavy atom. The summed E-state index contributed by atoms with van der Waals surface area (Å²) in [6, 6.07) is 5.49. The Hall–Kier alpha value is -0.870. The van der Waals surface area contributed by atoms with E-state index in [-0.39, 0.29) is 0 Å². The summed E-state index contributed by atoms with van der Waals surface area (Å²) in [4.78, 5) is 0. The van der Waals surface area contributed by atoms with Crippen LogP contribution in [0.5, 0.6) is 5.75 Å². The van der Waals surface area contributed by atoms with E-state index in [0.29, 0.717) is 17.2 Å². The van der Waals surface area contributed by atoms with Crippen molar-refractivity contribution in [3.63, 3.8) is 0 Å². The Morgan fingerprint density at radius 3 is 2.77 bits per heavy atom. The van der Waals surface area contributed by atoms with Crippen LogP contribution in [0, 0.1) is 0 Å². The number of nitrogen functional groups attached to an aromatic ring is 1. The molecule has 1 rings (SSSR count). The number of para-hydroxylation sites is 1. The highest BCUT2D eigenvalue weighted by Gasteiger charge is 2.08. The fourth-order valence-electron chi connectivity index (χ4n) is 1.11. The van der Waals surface area contributed by atoms with Gasteiger partial charge in [0.15, 0.2) is 0 Å². The normalized spacial score (nSPS) is 12.5. The average Bonchev–Trinajstić information content (AvgIpc) is 2.08. The third-order valence-electron chi connectivity index (χ3n) is 1.74. The third-order valence-corrected chi connectivity index (χ3v) is 2.45. The quantitative estimate of drug-likeness (QED) is 0.587. The van der Waals surface area contributed by atoms with Crippen molar-refractivity contribution in [3.8, 4) is 5.75 Å². The summed E-state index contributed by atoms with van der Waals surface area (Å²) >= 11 is -0.873. The minimum atomic E-state index is -0.873. The monoisotopic (exact) mass is 199 g/mol. The smallest absolute Gasteiger partial charge is 0.142 e. The molecule has 0 amide bonds. The molecule has 0 saturated carbocycles. The van der Waals surface area contributed by atoms with Crippen molar-refractivity contribution >= 4 is 16.9 Å². The molecule has 1 aromatic rings. The van der Waals surface area contributed by atoms with Gasteiger partial charge in [0, 0.05) is 5.56 Å². The summed E-state index contributed by atoms with van der Waals surface area (Å²) in [5.41, 5.74) is 7.24. The molecule has 1 aromatic carbocycles. The summed E-state index contributed by atoms with van der Waals surface area (Å²) < 4.78 is 16.0. The van der Waals surface area contributed by atoms with E-state index in [2.05, 4.69) is 0 Å². The molecule has 1 unspecified atom stereocenters. The van der Waals surface area contributed by atoms with Gasteiger partial charge in [-0.25, -0.2) is 0 Å². The highest BCUT2D eigenvalue weighted by Crippen LogP contribution is 2.25. The van der Waals surface area contributed by atoms with Gasteiger partial charge < -0.3 is 15.0 Å². The topological polar surface area (TPSA) is 58.3 Å². The molecule has 0 spiro atoms. The summed E-state index contributed by atoms with van der Waals surface area (Å²) in [6.07, 6.45) is 1.65. The van der Waals surface area contributed by atoms with Crippen LogP contribution in [0.1, 0.15) is 5.56 Å². The molecule has 3 nitrogen and oxygen atoms in total. The van der Waals surface area contributed by atoms with Crippen molar-refractivity contribution in [2.75, 3.05) is 19.1 Å². The molecule has 2 N–H and O–H groups in total. The van der Waals surface area contributed by atoms with Gasteiger partial charge in [0.05, 0.1) is 19.1 Å². The Bertz CT molecular complexity index is 289. The van der Waals surface area contributed by atoms with Crippen LogP contribution in [0.2, 0.25) is 0 Å². The summed E-state index contributed by atoms with van der Waals surface area (Å²) in [5.74, 6) is 1.12. The van der Waals surface area contributed by atoms with Crippen LogP contribution in [0.3, 0.4) is 0 Å². The minimum absolute atomic E-state index is 0.475. The molecule has 0 fully saturated rings. The van der Waals surface area contributed by atoms with E-state index in [1.165, 1.54) is 0 Å². The number of hydrogen-bond acceptors (Lipinski definition) is 3. The molecule has 13 heavy (non-hydrogen) atoms. The van der Waals surface area contributed by atoms with E-state index in [1.807, 2.05) is 12.1 Å². The number of hydrogen-bond donors (Lipinski definition) is 1. The molecular weight excluding hydrogens is 186 g/mol. The van der Waals surface area contributed by atoms with Crippen LogP contribution in [-0.4, -0.2) is 17.9 Å². The first-order chi connectivity index (χ1) is 6.15. The van der Waals surface area contributed by atoms with Crippen LogP contribution >= 0.6 is 0 Å². The molecule has 1 atom stereocenters. The largest absolute Gasteiger partial charge is 0.616 e. The fraction of sp³-hybridized carbons (Fsp3) is 0.333. The number of anilines is 1.